The summed E-state index contributed by atoms with van der Waals surface area (Å²) in [6.07, 6.45) is -4.39. The van der Waals surface area contributed by atoms with Crippen molar-refractivity contribution >= 4 is 17.0 Å². The number of nitrogens with zero attached hydrogens (tertiary/aromatic N) is 3. The number of anilines is 1. The Morgan fingerprint density at radius 2 is 1.73 bits per heavy atom. The fourth-order valence-electron chi connectivity index (χ4n) is 2.26. The van der Waals surface area contributed by atoms with Gasteiger partial charge in [0.25, 0.3) is 0 Å². The Labute approximate surface area is 146 Å². The van der Waals surface area contributed by atoms with Gasteiger partial charge < -0.3 is 10.1 Å². The topological polar surface area (TPSA) is 59.9 Å². The van der Waals surface area contributed by atoms with E-state index >= 15 is 0 Å². The van der Waals surface area contributed by atoms with E-state index in [2.05, 4.69) is 20.3 Å². The van der Waals surface area contributed by atoms with Crippen LogP contribution < -0.4 is 10.1 Å². The van der Waals surface area contributed by atoms with Crippen molar-refractivity contribution in [1.29, 1.82) is 0 Å². The van der Waals surface area contributed by atoms with Crippen LogP contribution in [0.25, 0.3) is 22.3 Å². The second-order valence-corrected chi connectivity index (χ2v) is 5.33. The van der Waals surface area contributed by atoms with Gasteiger partial charge in [-0.15, -0.1) is 0 Å². The lowest BCUT2D eigenvalue weighted by Crippen LogP contribution is -2.22. The highest BCUT2D eigenvalue weighted by molar-refractivity contribution is 5.83. The number of fused-ring (bicyclic) bond motifs is 1. The van der Waals surface area contributed by atoms with Gasteiger partial charge in [-0.1, -0.05) is 0 Å². The number of halogens is 4. The Balaban J connectivity index is 2.02. The highest BCUT2D eigenvalue weighted by Crippen LogP contribution is 2.27. The Hall–Kier alpha value is -2.97. The third-order valence-corrected chi connectivity index (χ3v) is 3.38. The molecule has 1 aromatic carbocycles. The van der Waals surface area contributed by atoms with Gasteiger partial charge in [-0.2, -0.15) is 18.2 Å². The van der Waals surface area contributed by atoms with E-state index in [0.29, 0.717) is 22.3 Å². The lowest BCUT2D eigenvalue weighted by molar-refractivity contribution is -0.115. The first-order valence-corrected chi connectivity index (χ1v) is 7.74. The molecule has 3 aromatic rings. The SMILES string of the molecule is CCOc1nc(NCC(F)(F)F)nc2ccc(-c3ccc(F)cc3)nc12. The lowest BCUT2D eigenvalue weighted by Gasteiger charge is -2.12. The third-order valence-electron chi connectivity index (χ3n) is 3.38. The number of benzene rings is 1. The minimum Gasteiger partial charge on any atom is -0.476 e. The molecule has 0 aliphatic rings. The maximum absolute atomic E-state index is 13.1. The van der Waals surface area contributed by atoms with Crippen molar-refractivity contribution in [1.82, 2.24) is 15.0 Å². The number of nitrogens with one attached hydrogen (secondary N) is 1. The van der Waals surface area contributed by atoms with Crippen LogP contribution in [-0.2, 0) is 0 Å². The summed E-state index contributed by atoms with van der Waals surface area (Å²) in [5.41, 5.74) is 1.86. The summed E-state index contributed by atoms with van der Waals surface area (Å²) in [4.78, 5) is 12.4. The monoisotopic (exact) mass is 366 g/mol. The fraction of sp³-hybridized carbons (Fsp3) is 0.235. The Bertz CT molecular complexity index is 913. The molecule has 0 radical (unpaired) electrons. The molecule has 136 valence electrons. The standard InChI is InChI=1S/C17H14F4N4O/c1-2-26-15-14-13(24-16(25-15)22-9-17(19,20)21)8-7-12(23-14)10-3-5-11(18)6-4-10/h3-8H,2,9H2,1H3,(H,22,24,25). The van der Waals surface area contributed by atoms with E-state index in [1.54, 1.807) is 31.2 Å². The number of ether oxygens (including phenoxy) is 1. The van der Waals surface area contributed by atoms with Crippen molar-refractivity contribution in [2.24, 2.45) is 0 Å². The van der Waals surface area contributed by atoms with Crippen molar-refractivity contribution < 1.29 is 22.3 Å². The molecule has 5 nitrogen and oxygen atoms in total. The van der Waals surface area contributed by atoms with E-state index in [4.69, 9.17) is 4.74 Å². The Morgan fingerprint density at radius 1 is 1.00 bits per heavy atom. The van der Waals surface area contributed by atoms with Crippen molar-refractivity contribution in [3.05, 3.63) is 42.2 Å². The molecule has 9 heteroatoms. The molecule has 3 rings (SSSR count). The molecule has 2 heterocycles. The Kier molecular flexibility index (Phi) is 4.88. The van der Waals surface area contributed by atoms with E-state index in [-0.39, 0.29) is 24.3 Å². The molecular formula is C17H14F4N4O. The van der Waals surface area contributed by atoms with Gasteiger partial charge in [0, 0.05) is 5.56 Å². The predicted octanol–water partition coefficient (Wildman–Crippen LogP) is 4.20. The molecule has 0 aliphatic carbocycles. The number of pyridine rings is 1. The molecule has 26 heavy (non-hydrogen) atoms. The number of hydrogen-bond acceptors (Lipinski definition) is 5. The number of rotatable bonds is 5. The second-order valence-electron chi connectivity index (χ2n) is 5.33. The van der Waals surface area contributed by atoms with E-state index in [9.17, 15) is 17.6 Å². The van der Waals surface area contributed by atoms with Crippen LogP contribution in [0.5, 0.6) is 5.88 Å². The first-order chi connectivity index (χ1) is 12.4. The summed E-state index contributed by atoms with van der Waals surface area (Å²) < 4.78 is 55.6. The van der Waals surface area contributed by atoms with E-state index in [1.807, 2.05) is 0 Å². The summed E-state index contributed by atoms with van der Waals surface area (Å²) in [7, 11) is 0. The lowest BCUT2D eigenvalue weighted by atomic mass is 10.1. The van der Waals surface area contributed by atoms with Crippen molar-refractivity contribution in [3.8, 4) is 17.1 Å². The molecule has 0 fully saturated rings. The first-order valence-electron chi connectivity index (χ1n) is 7.74. The highest BCUT2D eigenvalue weighted by atomic mass is 19.4. The van der Waals surface area contributed by atoms with Gasteiger partial charge in [-0.25, -0.2) is 14.4 Å². The summed E-state index contributed by atoms with van der Waals surface area (Å²) in [5, 5.41) is 2.13. The largest absolute Gasteiger partial charge is 0.476 e. The molecule has 0 saturated heterocycles. The molecule has 0 saturated carbocycles. The summed E-state index contributed by atoms with van der Waals surface area (Å²) in [5.74, 6) is -0.492. The van der Waals surface area contributed by atoms with Gasteiger partial charge in [0.2, 0.25) is 11.8 Å². The molecule has 1 N–H and O–H groups in total. The maximum atomic E-state index is 13.1. The molecule has 0 spiro atoms. The van der Waals surface area contributed by atoms with Crippen molar-refractivity contribution in [2.45, 2.75) is 13.1 Å². The zero-order chi connectivity index (χ0) is 18.7. The van der Waals surface area contributed by atoms with Gasteiger partial charge >= 0.3 is 6.18 Å². The van der Waals surface area contributed by atoms with Gasteiger partial charge in [-0.05, 0) is 43.3 Å². The highest BCUT2D eigenvalue weighted by Gasteiger charge is 2.27. The van der Waals surface area contributed by atoms with Gasteiger partial charge in [0.1, 0.15) is 12.4 Å². The van der Waals surface area contributed by atoms with Crippen LogP contribution >= 0.6 is 0 Å². The van der Waals surface area contributed by atoms with Crippen molar-refractivity contribution in [3.63, 3.8) is 0 Å². The molecular weight excluding hydrogens is 352 g/mol. The zero-order valence-corrected chi connectivity index (χ0v) is 13.6. The third kappa shape index (κ3) is 4.16. The molecule has 0 unspecified atom stereocenters. The normalized spacial score (nSPS) is 11.6. The average Bonchev–Trinajstić information content (AvgIpc) is 2.60. The zero-order valence-electron chi connectivity index (χ0n) is 13.6. The van der Waals surface area contributed by atoms with Crippen LogP contribution in [0.3, 0.4) is 0 Å². The number of aromatic nitrogens is 3. The number of hydrogen-bond donors (Lipinski definition) is 1. The fourth-order valence-corrected chi connectivity index (χ4v) is 2.26. The smallest absolute Gasteiger partial charge is 0.405 e. The van der Waals surface area contributed by atoms with Crippen LogP contribution in [-0.4, -0.2) is 34.3 Å². The van der Waals surface area contributed by atoms with Crippen LogP contribution in [0.1, 0.15) is 6.92 Å². The van der Waals surface area contributed by atoms with Crippen molar-refractivity contribution in [2.75, 3.05) is 18.5 Å². The van der Waals surface area contributed by atoms with E-state index < -0.39 is 12.7 Å². The molecule has 0 atom stereocenters. The average molecular weight is 366 g/mol. The first kappa shape index (κ1) is 17.8. The molecule has 0 aliphatic heterocycles. The molecule has 0 bridgehead atoms. The van der Waals surface area contributed by atoms with Gasteiger partial charge in [0.15, 0.2) is 5.52 Å². The predicted molar refractivity (Wildman–Crippen MR) is 88.4 cm³/mol. The quantitative estimate of drug-likeness (QED) is 0.686. The maximum Gasteiger partial charge on any atom is 0.405 e. The minimum absolute atomic E-state index is 0.0751. The van der Waals surface area contributed by atoms with Crippen LogP contribution in [0.15, 0.2) is 36.4 Å². The van der Waals surface area contributed by atoms with Crippen LogP contribution in [0.4, 0.5) is 23.5 Å². The summed E-state index contributed by atoms with van der Waals surface area (Å²) >= 11 is 0. The summed E-state index contributed by atoms with van der Waals surface area (Å²) in [6.45, 7) is 0.721. The van der Waals surface area contributed by atoms with E-state index in [1.165, 1.54) is 12.1 Å². The van der Waals surface area contributed by atoms with Crippen LogP contribution in [0, 0.1) is 5.82 Å². The molecule has 0 amide bonds. The van der Waals surface area contributed by atoms with Gasteiger partial charge in [-0.3, -0.25) is 0 Å². The van der Waals surface area contributed by atoms with Gasteiger partial charge in [0.05, 0.1) is 17.8 Å². The Morgan fingerprint density at radius 3 is 2.38 bits per heavy atom. The van der Waals surface area contributed by atoms with Crippen LogP contribution in [0.2, 0.25) is 0 Å². The molecule has 2 aromatic heterocycles. The second kappa shape index (κ2) is 7.11. The van der Waals surface area contributed by atoms with E-state index in [0.717, 1.165) is 0 Å². The number of alkyl halides is 3. The minimum atomic E-state index is -4.39. The summed E-state index contributed by atoms with van der Waals surface area (Å²) in [6, 6.07) is 9.01.